The Morgan fingerprint density at radius 3 is 2.74 bits per heavy atom. The molecule has 1 aromatic heterocycles. The molecule has 7 heteroatoms. The van der Waals surface area contributed by atoms with Crippen LogP contribution in [0.1, 0.15) is 5.56 Å². The predicted octanol–water partition coefficient (Wildman–Crippen LogP) is 2.29. The summed E-state index contributed by atoms with van der Waals surface area (Å²) in [6.07, 6.45) is 8.28. The van der Waals surface area contributed by atoms with E-state index >= 15 is 0 Å². The van der Waals surface area contributed by atoms with E-state index in [0.29, 0.717) is 5.56 Å². The second-order valence-electron chi connectivity index (χ2n) is 3.22. The van der Waals surface area contributed by atoms with E-state index in [2.05, 4.69) is 4.42 Å². The van der Waals surface area contributed by atoms with Crippen LogP contribution in [0.4, 0.5) is 5.88 Å². The average Bonchev–Trinajstić information content (AvgIpc) is 2.82. The van der Waals surface area contributed by atoms with Crippen LogP contribution >= 0.6 is 0 Å². The Bertz CT molecular complexity index is 616. The van der Waals surface area contributed by atoms with Crippen LogP contribution in [0.3, 0.4) is 0 Å². The number of furan rings is 1. The van der Waals surface area contributed by atoms with Crippen LogP contribution in [0, 0.1) is 21.4 Å². The van der Waals surface area contributed by atoms with Gasteiger partial charge in [-0.15, -0.1) is 0 Å². The summed E-state index contributed by atoms with van der Waals surface area (Å²) in [7, 11) is 0. The lowest BCUT2D eigenvalue weighted by Crippen LogP contribution is -1.96. The van der Waals surface area contributed by atoms with Gasteiger partial charge in [-0.2, -0.15) is 5.26 Å². The molecule has 0 amide bonds. The molecule has 1 heterocycles. The molecule has 1 aromatic rings. The number of carboxylic acid groups (broad SMARTS) is 1. The van der Waals surface area contributed by atoms with Crippen molar-refractivity contribution in [2.24, 2.45) is 0 Å². The van der Waals surface area contributed by atoms with E-state index < -0.39 is 10.9 Å². The molecule has 0 saturated heterocycles. The maximum Gasteiger partial charge on any atom is 0.433 e. The van der Waals surface area contributed by atoms with E-state index in [-0.39, 0.29) is 11.5 Å². The predicted molar refractivity (Wildman–Crippen MR) is 64.9 cm³/mol. The number of carboxylic acids is 1. The van der Waals surface area contributed by atoms with Crippen molar-refractivity contribution in [3.05, 3.63) is 57.9 Å². The summed E-state index contributed by atoms with van der Waals surface area (Å²) >= 11 is 0. The van der Waals surface area contributed by atoms with Gasteiger partial charge in [0.15, 0.2) is 0 Å². The van der Waals surface area contributed by atoms with Crippen LogP contribution in [0.5, 0.6) is 0 Å². The molecule has 0 bridgehead atoms. The number of hydrogen-bond donors (Lipinski definition) is 1. The number of aliphatic carboxylic acids is 1. The maximum absolute atomic E-state index is 10.5. The van der Waals surface area contributed by atoms with Crippen LogP contribution in [0.2, 0.25) is 0 Å². The van der Waals surface area contributed by atoms with Crippen molar-refractivity contribution < 1.29 is 19.2 Å². The zero-order chi connectivity index (χ0) is 14.3. The van der Waals surface area contributed by atoms with Crippen molar-refractivity contribution in [3.63, 3.8) is 0 Å². The second-order valence-corrected chi connectivity index (χ2v) is 3.22. The Morgan fingerprint density at radius 1 is 1.47 bits per heavy atom. The van der Waals surface area contributed by atoms with Crippen LogP contribution < -0.4 is 0 Å². The highest BCUT2D eigenvalue weighted by molar-refractivity contribution is 5.91. The SMILES string of the molecule is N#C\C(=C/C=C/C=C/c1coc([N+](=O)[O-])c1)C(=O)O. The zero-order valence-electron chi connectivity index (χ0n) is 9.52. The molecule has 0 aromatic carbocycles. The summed E-state index contributed by atoms with van der Waals surface area (Å²) in [6, 6.07) is 2.77. The first-order valence-corrected chi connectivity index (χ1v) is 4.96. The van der Waals surface area contributed by atoms with Gasteiger partial charge in [0, 0.05) is 5.56 Å². The summed E-state index contributed by atoms with van der Waals surface area (Å²) in [5.41, 5.74) is 0.114. The Labute approximate surface area is 107 Å². The van der Waals surface area contributed by atoms with Crippen molar-refractivity contribution in [1.29, 1.82) is 5.26 Å². The summed E-state index contributed by atoms with van der Waals surface area (Å²) in [5.74, 6) is -1.66. The van der Waals surface area contributed by atoms with Crippen LogP contribution in [-0.2, 0) is 4.79 Å². The van der Waals surface area contributed by atoms with Gasteiger partial charge in [-0.1, -0.05) is 24.3 Å². The largest absolute Gasteiger partial charge is 0.477 e. The molecular weight excluding hydrogens is 252 g/mol. The maximum atomic E-state index is 10.5. The van der Waals surface area contributed by atoms with Crippen molar-refractivity contribution in [1.82, 2.24) is 0 Å². The van der Waals surface area contributed by atoms with Gasteiger partial charge in [0.25, 0.3) is 0 Å². The molecule has 0 aliphatic heterocycles. The summed E-state index contributed by atoms with van der Waals surface area (Å²) in [4.78, 5) is 20.2. The lowest BCUT2D eigenvalue weighted by Gasteiger charge is -1.83. The molecule has 0 aliphatic carbocycles. The van der Waals surface area contributed by atoms with Gasteiger partial charge in [-0.3, -0.25) is 10.1 Å². The third kappa shape index (κ3) is 4.32. The Morgan fingerprint density at radius 2 is 2.21 bits per heavy atom. The standard InChI is InChI=1S/C12H8N2O5/c13-7-10(12(15)16)5-3-1-2-4-9-6-11(14(17)18)19-8-9/h1-6,8H,(H,15,16)/b3-1+,4-2+,10-5+. The highest BCUT2D eigenvalue weighted by atomic mass is 16.6. The molecule has 0 aliphatic rings. The lowest BCUT2D eigenvalue weighted by molar-refractivity contribution is -0.402. The molecule has 1 rings (SSSR count). The minimum atomic E-state index is -1.30. The van der Waals surface area contributed by atoms with Crippen LogP contribution in [-0.4, -0.2) is 16.0 Å². The highest BCUT2D eigenvalue weighted by Gasteiger charge is 2.09. The fourth-order valence-electron chi connectivity index (χ4n) is 1.06. The molecule has 0 fully saturated rings. The van der Waals surface area contributed by atoms with E-state index in [0.717, 1.165) is 6.08 Å². The number of nitriles is 1. The van der Waals surface area contributed by atoms with Crippen molar-refractivity contribution in [3.8, 4) is 6.07 Å². The first-order valence-electron chi connectivity index (χ1n) is 4.96. The van der Waals surface area contributed by atoms with Gasteiger partial charge in [0.05, 0.1) is 6.07 Å². The number of nitro groups is 1. The van der Waals surface area contributed by atoms with Gasteiger partial charge < -0.3 is 9.52 Å². The lowest BCUT2D eigenvalue weighted by atomic mass is 10.2. The Kier molecular flexibility index (Phi) is 4.81. The van der Waals surface area contributed by atoms with Crippen LogP contribution in [0.25, 0.3) is 6.08 Å². The van der Waals surface area contributed by atoms with E-state index in [9.17, 15) is 14.9 Å². The topological polar surface area (TPSA) is 117 Å². The van der Waals surface area contributed by atoms with E-state index in [1.807, 2.05) is 0 Å². The second kappa shape index (κ2) is 6.56. The minimum absolute atomic E-state index is 0.360. The Balaban J connectivity index is 2.66. The molecule has 96 valence electrons. The van der Waals surface area contributed by atoms with Crippen molar-refractivity contribution >= 4 is 17.9 Å². The molecule has 7 nitrogen and oxygen atoms in total. The van der Waals surface area contributed by atoms with E-state index in [4.69, 9.17) is 10.4 Å². The van der Waals surface area contributed by atoms with Crippen LogP contribution in [0.15, 0.2) is 46.6 Å². The summed E-state index contributed by atoms with van der Waals surface area (Å²) in [6.45, 7) is 0. The normalized spacial score (nSPS) is 11.8. The minimum Gasteiger partial charge on any atom is -0.477 e. The smallest absolute Gasteiger partial charge is 0.433 e. The highest BCUT2D eigenvalue weighted by Crippen LogP contribution is 2.16. The molecule has 0 spiro atoms. The number of nitrogens with zero attached hydrogens (tertiary/aromatic N) is 2. The first-order chi connectivity index (χ1) is 9.04. The van der Waals surface area contributed by atoms with Gasteiger partial charge >= 0.3 is 11.9 Å². The summed E-state index contributed by atoms with van der Waals surface area (Å²) in [5, 5.41) is 27.3. The third-order valence-electron chi connectivity index (χ3n) is 1.91. The third-order valence-corrected chi connectivity index (χ3v) is 1.91. The zero-order valence-corrected chi connectivity index (χ0v) is 9.52. The van der Waals surface area contributed by atoms with Crippen molar-refractivity contribution in [2.75, 3.05) is 0 Å². The van der Waals surface area contributed by atoms with Gasteiger partial charge in [-0.25, -0.2) is 4.79 Å². The fraction of sp³-hybridized carbons (Fsp3) is 0. The summed E-state index contributed by atoms with van der Waals surface area (Å²) < 4.78 is 4.66. The van der Waals surface area contributed by atoms with E-state index in [1.165, 1.54) is 42.7 Å². The quantitative estimate of drug-likeness (QED) is 0.285. The first kappa shape index (κ1) is 13.9. The Hall–Kier alpha value is -3.14. The molecule has 0 radical (unpaired) electrons. The molecule has 0 saturated carbocycles. The molecular formula is C12H8N2O5. The number of allylic oxidation sites excluding steroid dienone is 4. The van der Waals surface area contributed by atoms with Gasteiger partial charge in [-0.05, 0) is 6.08 Å². The van der Waals surface area contributed by atoms with Gasteiger partial charge in [0.2, 0.25) is 0 Å². The van der Waals surface area contributed by atoms with Crippen molar-refractivity contribution in [2.45, 2.75) is 0 Å². The monoisotopic (exact) mass is 260 g/mol. The van der Waals surface area contributed by atoms with Gasteiger partial charge in [0.1, 0.15) is 22.8 Å². The molecule has 1 N–H and O–H groups in total. The number of carbonyl (C=O) groups is 1. The number of hydrogen-bond acceptors (Lipinski definition) is 5. The van der Waals surface area contributed by atoms with E-state index in [1.54, 1.807) is 0 Å². The fourth-order valence-corrected chi connectivity index (χ4v) is 1.06. The number of rotatable bonds is 5. The average molecular weight is 260 g/mol. The molecule has 0 atom stereocenters. The molecule has 19 heavy (non-hydrogen) atoms. The molecule has 0 unspecified atom stereocenters.